The molecule has 0 radical (unpaired) electrons. The second-order valence-electron chi connectivity index (χ2n) is 7.48. The average molecular weight is 425 g/mol. The highest BCUT2D eigenvalue weighted by Crippen LogP contribution is 2.19. The van der Waals surface area contributed by atoms with Gasteiger partial charge in [-0.3, -0.25) is 9.59 Å². The minimum Gasteiger partial charge on any atom is -0.476 e. The number of rotatable bonds is 9. The van der Waals surface area contributed by atoms with E-state index in [1.807, 2.05) is 0 Å². The Morgan fingerprint density at radius 3 is 2.23 bits per heavy atom. The molecule has 0 saturated carbocycles. The summed E-state index contributed by atoms with van der Waals surface area (Å²) in [5.74, 6) is -3.16. The normalized spacial score (nSPS) is 13.2. The number of nitrogens with zero attached hydrogens (tertiary/aromatic N) is 2. The number of carbonyl (C=O) groups excluding carboxylic acids is 3. The van der Waals surface area contributed by atoms with Gasteiger partial charge < -0.3 is 37.7 Å². The molecule has 1 aromatic rings. The monoisotopic (exact) mass is 425 g/mol. The molecule has 0 unspecified atom stereocenters. The Kier molecular flexibility index (Phi) is 8.04. The van der Waals surface area contributed by atoms with Crippen LogP contribution >= 0.6 is 0 Å². The number of nitrogens with one attached hydrogen (secondary N) is 2. The van der Waals surface area contributed by atoms with E-state index in [4.69, 9.17) is 21.9 Å². The molecule has 2 atom stereocenters. The van der Waals surface area contributed by atoms with Crippen LogP contribution in [0.2, 0.25) is 0 Å². The largest absolute Gasteiger partial charge is 0.476 e. The van der Waals surface area contributed by atoms with Crippen LogP contribution in [0.5, 0.6) is 0 Å². The molecule has 166 valence electrons. The number of nitrogen functional groups attached to an aromatic ring is 1. The number of carboxylic acid groups (broad SMARTS) is 1. The Morgan fingerprint density at radius 1 is 1.17 bits per heavy atom. The van der Waals surface area contributed by atoms with E-state index in [1.54, 1.807) is 20.8 Å². The van der Waals surface area contributed by atoms with E-state index in [1.165, 1.54) is 6.92 Å². The molecule has 1 heterocycles. The number of carbonyl (C=O) groups is 4. The molecule has 1 rings (SSSR count). The predicted molar refractivity (Wildman–Crippen MR) is 105 cm³/mol. The van der Waals surface area contributed by atoms with Gasteiger partial charge in [-0.25, -0.2) is 19.6 Å². The molecule has 0 saturated heterocycles. The van der Waals surface area contributed by atoms with Crippen LogP contribution in [0.15, 0.2) is 0 Å². The summed E-state index contributed by atoms with van der Waals surface area (Å²) in [5, 5.41) is 14.4. The van der Waals surface area contributed by atoms with Crippen molar-refractivity contribution < 1.29 is 29.0 Å². The average Bonchev–Trinajstić information content (AvgIpc) is 2.57. The number of primary amides is 2. The summed E-state index contributed by atoms with van der Waals surface area (Å²) < 4.78 is 5.08. The number of alkyl carbamates (subject to hydrolysis) is 1. The quantitative estimate of drug-likeness (QED) is 0.281. The minimum atomic E-state index is -1.33. The van der Waals surface area contributed by atoms with Crippen molar-refractivity contribution in [1.82, 2.24) is 20.6 Å². The van der Waals surface area contributed by atoms with Gasteiger partial charge >= 0.3 is 12.1 Å². The van der Waals surface area contributed by atoms with Gasteiger partial charge in [0.1, 0.15) is 23.3 Å². The molecule has 30 heavy (non-hydrogen) atoms. The summed E-state index contributed by atoms with van der Waals surface area (Å²) in [6, 6.07) is -2.21. The Labute approximate surface area is 172 Å². The number of aromatic carboxylic acids is 1. The maximum Gasteiger partial charge on any atom is 0.408 e. The third-order valence-corrected chi connectivity index (χ3v) is 3.72. The molecule has 1 aromatic heterocycles. The summed E-state index contributed by atoms with van der Waals surface area (Å²) in [6.45, 7) is 6.13. The second kappa shape index (κ2) is 9.82. The Hall–Kier alpha value is -3.48. The van der Waals surface area contributed by atoms with Crippen LogP contribution in [0, 0.1) is 6.92 Å². The van der Waals surface area contributed by atoms with Gasteiger partial charge in [-0.2, -0.15) is 0 Å². The van der Waals surface area contributed by atoms with Gasteiger partial charge in [-0.05, 0) is 27.7 Å². The van der Waals surface area contributed by atoms with Crippen molar-refractivity contribution in [3.05, 3.63) is 17.1 Å². The van der Waals surface area contributed by atoms with Crippen LogP contribution in [0.3, 0.4) is 0 Å². The molecule has 0 aliphatic heterocycles. The maximum absolute atomic E-state index is 11.9. The predicted octanol–water partition coefficient (Wildman–Crippen LogP) is -1.05. The number of ether oxygens (including phenoxy) is 1. The van der Waals surface area contributed by atoms with Gasteiger partial charge in [0.2, 0.25) is 11.8 Å². The molecule has 0 fully saturated rings. The highest BCUT2D eigenvalue weighted by Gasteiger charge is 2.26. The smallest absolute Gasteiger partial charge is 0.408 e. The number of amides is 3. The van der Waals surface area contributed by atoms with E-state index in [0.29, 0.717) is 0 Å². The van der Waals surface area contributed by atoms with E-state index < -0.39 is 41.6 Å². The molecule has 0 bridgehead atoms. The molecule has 0 spiro atoms. The van der Waals surface area contributed by atoms with Crippen LogP contribution in [-0.2, 0) is 14.3 Å². The lowest BCUT2D eigenvalue weighted by Gasteiger charge is -2.24. The number of carboxylic acids is 1. The lowest BCUT2D eigenvalue weighted by molar-refractivity contribution is -0.120. The van der Waals surface area contributed by atoms with Gasteiger partial charge in [0.25, 0.3) is 0 Å². The first-order chi connectivity index (χ1) is 13.7. The van der Waals surface area contributed by atoms with Crippen LogP contribution in [0.25, 0.3) is 0 Å². The molecule has 13 nitrogen and oxygen atoms in total. The first-order valence-electron chi connectivity index (χ1n) is 8.89. The van der Waals surface area contributed by atoms with Crippen molar-refractivity contribution in [2.75, 3.05) is 12.3 Å². The summed E-state index contributed by atoms with van der Waals surface area (Å²) in [4.78, 5) is 54.4. The number of hydrogen-bond donors (Lipinski definition) is 6. The van der Waals surface area contributed by atoms with Crippen molar-refractivity contribution in [3.63, 3.8) is 0 Å². The van der Waals surface area contributed by atoms with E-state index in [0.717, 1.165) is 0 Å². The van der Waals surface area contributed by atoms with Crippen LogP contribution in [0.1, 0.15) is 55.1 Å². The van der Waals surface area contributed by atoms with Crippen LogP contribution in [0.4, 0.5) is 10.6 Å². The summed E-state index contributed by atoms with van der Waals surface area (Å²) in [7, 11) is 0. The van der Waals surface area contributed by atoms with E-state index in [-0.39, 0.29) is 35.9 Å². The van der Waals surface area contributed by atoms with Crippen molar-refractivity contribution >= 4 is 29.7 Å². The van der Waals surface area contributed by atoms with Gasteiger partial charge in [0, 0.05) is 18.5 Å². The van der Waals surface area contributed by atoms with E-state index >= 15 is 0 Å². The van der Waals surface area contributed by atoms with Crippen molar-refractivity contribution in [2.45, 2.75) is 51.8 Å². The van der Waals surface area contributed by atoms with Crippen LogP contribution < -0.4 is 27.8 Å². The molecule has 3 amide bonds. The number of hydrogen-bond acceptors (Lipinski definition) is 9. The Bertz CT molecular complexity index is 837. The summed E-state index contributed by atoms with van der Waals surface area (Å²) >= 11 is 0. The topological polar surface area (TPSA) is 226 Å². The fraction of sp³-hybridized carbons (Fsp3) is 0.529. The third kappa shape index (κ3) is 7.50. The van der Waals surface area contributed by atoms with Crippen molar-refractivity contribution in [1.29, 1.82) is 0 Å². The number of nitrogens with two attached hydrogens (primary N) is 3. The molecule has 0 aliphatic carbocycles. The Morgan fingerprint density at radius 2 is 1.77 bits per heavy atom. The van der Waals surface area contributed by atoms with Crippen molar-refractivity contribution in [3.8, 4) is 0 Å². The molecular weight excluding hydrogens is 398 g/mol. The lowest BCUT2D eigenvalue weighted by Crippen LogP contribution is -2.52. The van der Waals surface area contributed by atoms with Gasteiger partial charge in [-0.1, -0.05) is 0 Å². The first-order valence-corrected chi connectivity index (χ1v) is 8.89. The standard InChI is InChI=1S/C17H27N7O6/c1-7-11(15(27)28)23-14(24-12(7)19)8(5-10(18)25)21-6-9(13(20)26)22-16(29)30-17(2,3)4/h8-9,21H,5-6H2,1-4H3,(H2,18,25)(H2,20,26)(H,22,29)(H,27,28)(H2,19,23,24)/t8-,9-/m0/s1. The molecular formula is C17H27N7O6. The highest BCUT2D eigenvalue weighted by molar-refractivity contribution is 5.88. The molecule has 0 aliphatic rings. The number of anilines is 1. The highest BCUT2D eigenvalue weighted by atomic mass is 16.6. The lowest BCUT2D eigenvalue weighted by atomic mass is 10.1. The van der Waals surface area contributed by atoms with Gasteiger partial charge in [0.15, 0.2) is 5.69 Å². The zero-order valence-electron chi connectivity index (χ0n) is 17.2. The molecule has 13 heteroatoms. The number of aromatic nitrogens is 2. The molecule has 9 N–H and O–H groups in total. The Balaban J connectivity index is 3.07. The van der Waals surface area contributed by atoms with Gasteiger partial charge in [-0.15, -0.1) is 0 Å². The summed E-state index contributed by atoms with van der Waals surface area (Å²) in [5.41, 5.74) is 15.3. The summed E-state index contributed by atoms with van der Waals surface area (Å²) in [6.07, 6.45) is -1.21. The zero-order valence-corrected chi connectivity index (χ0v) is 17.2. The fourth-order valence-electron chi connectivity index (χ4n) is 2.30. The fourth-order valence-corrected chi connectivity index (χ4v) is 2.30. The zero-order chi connectivity index (χ0) is 23.2. The third-order valence-electron chi connectivity index (χ3n) is 3.72. The molecule has 0 aromatic carbocycles. The van der Waals surface area contributed by atoms with Gasteiger partial charge in [0.05, 0.1) is 6.04 Å². The SMILES string of the molecule is Cc1c(N)nc([C@H](CC(N)=O)NC[C@H](NC(=O)OC(C)(C)C)C(N)=O)nc1C(=O)O. The van der Waals surface area contributed by atoms with E-state index in [2.05, 4.69) is 20.6 Å². The van der Waals surface area contributed by atoms with Crippen LogP contribution in [-0.4, -0.2) is 57.1 Å². The second-order valence-corrected chi connectivity index (χ2v) is 7.48. The van der Waals surface area contributed by atoms with Crippen molar-refractivity contribution in [2.24, 2.45) is 11.5 Å². The maximum atomic E-state index is 11.9. The van der Waals surface area contributed by atoms with E-state index in [9.17, 15) is 24.3 Å². The minimum absolute atomic E-state index is 0.0907. The first kappa shape index (κ1) is 24.6.